The van der Waals surface area contributed by atoms with Crippen molar-refractivity contribution in [2.45, 2.75) is 38.8 Å². The fraction of sp³-hybridized carbons (Fsp3) is 0.500. The highest BCUT2D eigenvalue weighted by Gasteiger charge is 2.21. The SMILES string of the molecule is CCc1nc2n(n1)CC(Nc1cncc(Cl)n1)CC2. The molecular weight excluding hydrogens is 264 g/mol. The first-order valence-electron chi connectivity index (χ1n) is 6.41. The Balaban J connectivity index is 1.71. The maximum atomic E-state index is 5.82. The first kappa shape index (κ1) is 12.3. The third-order valence-corrected chi connectivity index (χ3v) is 3.36. The van der Waals surface area contributed by atoms with Gasteiger partial charge in [0.2, 0.25) is 0 Å². The summed E-state index contributed by atoms with van der Waals surface area (Å²) in [5, 5.41) is 8.22. The molecule has 0 aromatic carbocycles. The monoisotopic (exact) mass is 278 g/mol. The number of aromatic nitrogens is 5. The molecule has 0 bridgehead atoms. The Labute approximate surface area is 116 Å². The number of nitrogens with one attached hydrogen (secondary N) is 1. The quantitative estimate of drug-likeness (QED) is 0.926. The van der Waals surface area contributed by atoms with Gasteiger partial charge in [-0.25, -0.2) is 14.6 Å². The normalized spacial score (nSPS) is 18.1. The van der Waals surface area contributed by atoms with Crippen molar-refractivity contribution in [3.05, 3.63) is 29.2 Å². The van der Waals surface area contributed by atoms with Crippen molar-refractivity contribution < 1.29 is 0 Å². The van der Waals surface area contributed by atoms with Crippen molar-refractivity contribution in [3.8, 4) is 0 Å². The van der Waals surface area contributed by atoms with E-state index in [1.165, 1.54) is 6.20 Å². The number of anilines is 1. The molecule has 1 aliphatic rings. The Hall–Kier alpha value is -1.69. The van der Waals surface area contributed by atoms with Crippen LogP contribution < -0.4 is 5.32 Å². The molecule has 0 saturated heterocycles. The number of fused-ring (bicyclic) bond motifs is 1. The zero-order chi connectivity index (χ0) is 13.2. The van der Waals surface area contributed by atoms with E-state index in [0.29, 0.717) is 11.0 Å². The Bertz CT molecular complexity index is 581. The van der Waals surface area contributed by atoms with Gasteiger partial charge in [0.15, 0.2) is 5.82 Å². The van der Waals surface area contributed by atoms with Crippen molar-refractivity contribution in [2.24, 2.45) is 0 Å². The average Bonchev–Trinajstić information content (AvgIpc) is 2.81. The highest BCUT2D eigenvalue weighted by molar-refractivity contribution is 6.29. The molecule has 19 heavy (non-hydrogen) atoms. The Morgan fingerprint density at radius 1 is 1.42 bits per heavy atom. The fourth-order valence-corrected chi connectivity index (χ4v) is 2.40. The summed E-state index contributed by atoms with van der Waals surface area (Å²) >= 11 is 5.82. The molecule has 1 aliphatic heterocycles. The minimum absolute atomic E-state index is 0.284. The smallest absolute Gasteiger partial charge is 0.150 e. The largest absolute Gasteiger partial charge is 0.364 e. The van der Waals surface area contributed by atoms with Gasteiger partial charge in [-0.1, -0.05) is 18.5 Å². The van der Waals surface area contributed by atoms with Crippen molar-refractivity contribution in [1.29, 1.82) is 0 Å². The van der Waals surface area contributed by atoms with Gasteiger partial charge in [0.1, 0.15) is 16.8 Å². The Morgan fingerprint density at radius 3 is 3.11 bits per heavy atom. The van der Waals surface area contributed by atoms with Crippen LogP contribution in [0.5, 0.6) is 0 Å². The predicted molar refractivity (Wildman–Crippen MR) is 72.2 cm³/mol. The summed E-state index contributed by atoms with van der Waals surface area (Å²) < 4.78 is 1.98. The number of hydrogen-bond acceptors (Lipinski definition) is 5. The average molecular weight is 279 g/mol. The van der Waals surface area contributed by atoms with Crippen LogP contribution in [0.4, 0.5) is 5.82 Å². The lowest BCUT2D eigenvalue weighted by atomic mass is 10.1. The lowest BCUT2D eigenvalue weighted by molar-refractivity contribution is 0.439. The van der Waals surface area contributed by atoms with E-state index in [0.717, 1.165) is 37.5 Å². The number of hydrogen-bond donors (Lipinski definition) is 1. The van der Waals surface area contributed by atoms with Crippen molar-refractivity contribution in [1.82, 2.24) is 24.7 Å². The van der Waals surface area contributed by atoms with Crippen LogP contribution in [0.1, 0.15) is 25.0 Å². The van der Waals surface area contributed by atoms with E-state index in [4.69, 9.17) is 11.6 Å². The molecule has 7 heteroatoms. The van der Waals surface area contributed by atoms with Crippen LogP contribution in [0.3, 0.4) is 0 Å². The first-order chi connectivity index (χ1) is 9.24. The molecule has 3 heterocycles. The number of aryl methyl sites for hydroxylation is 2. The van der Waals surface area contributed by atoms with Gasteiger partial charge in [0.05, 0.1) is 18.9 Å². The van der Waals surface area contributed by atoms with E-state index in [-0.39, 0.29) is 6.04 Å². The van der Waals surface area contributed by atoms with Crippen LogP contribution >= 0.6 is 11.6 Å². The maximum absolute atomic E-state index is 5.82. The van der Waals surface area contributed by atoms with E-state index in [1.54, 1.807) is 6.20 Å². The van der Waals surface area contributed by atoms with Crippen molar-refractivity contribution in [3.63, 3.8) is 0 Å². The Kier molecular flexibility index (Phi) is 3.33. The van der Waals surface area contributed by atoms with Gasteiger partial charge < -0.3 is 5.32 Å². The molecule has 2 aromatic rings. The molecule has 6 nitrogen and oxygen atoms in total. The molecule has 0 saturated carbocycles. The second-order valence-electron chi connectivity index (χ2n) is 4.59. The summed E-state index contributed by atoms with van der Waals surface area (Å²) in [6, 6.07) is 0.284. The van der Waals surface area contributed by atoms with Crippen molar-refractivity contribution >= 4 is 17.4 Å². The molecule has 1 N–H and O–H groups in total. The molecule has 3 rings (SSSR count). The molecule has 0 amide bonds. The highest BCUT2D eigenvalue weighted by Crippen LogP contribution is 2.17. The van der Waals surface area contributed by atoms with Crippen LogP contribution in [-0.2, 0) is 19.4 Å². The van der Waals surface area contributed by atoms with Gasteiger partial charge in [0, 0.05) is 18.9 Å². The maximum Gasteiger partial charge on any atom is 0.150 e. The van der Waals surface area contributed by atoms with Crippen LogP contribution in [0, 0.1) is 0 Å². The molecule has 1 unspecified atom stereocenters. The van der Waals surface area contributed by atoms with Crippen LogP contribution in [-0.4, -0.2) is 30.8 Å². The highest BCUT2D eigenvalue weighted by atomic mass is 35.5. The zero-order valence-corrected chi connectivity index (χ0v) is 11.4. The molecular formula is C12H15ClN6. The number of halogens is 1. The van der Waals surface area contributed by atoms with Crippen molar-refractivity contribution in [2.75, 3.05) is 5.32 Å². The third kappa shape index (κ3) is 2.68. The summed E-state index contributed by atoms with van der Waals surface area (Å²) in [5.74, 6) is 2.70. The van der Waals surface area contributed by atoms with Crippen LogP contribution in [0.25, 0.3) is 0 Å². The summed E-state index contributed by atoms with van der Waals surface area (Å²) in [5.41, 5.74) is 0. The minimum Gasteiger partial charge on any atom is -0.364 e. The predicted octanol–water partition coefficient (Wildman–Crippen LogP) is 1.71. The second-order valence-corrected chi connectivity index (χ2v) is 4.97. The lowest BCUT2D eigenvalue weighted by Gasteiger charge is -2.23. The van der Waals surface area contributed by atoms with Gasteiger partial charge in [0.25, 0.3) is 0 Å². The van der Waals surface area contributed by atoms with Gasteiger partial charge in [-0.3, -0.25) is 4.98 Å². The summed E-state index contributed by atoms with van der Waals surface area (Å²) in [4.78, 5) is 12.7. The topological polar surface area (TPSA) is 68.5 Å². The summed E-state index contributed by atoms with van der Waals surface area (Å²) in [7, 11) is 0. The minimum atomic E-state index is 0.284. The second kappa shape index (κ2) is 5.13. The third-order valence-electron chi connectivity index (χ3n) is 3.18. The van der Waals surface area contributed by atoms with Gasteiger partial charge in [-0.15, -0.1) is 0 Å². The van der Waals surface area contributed by atoms with Crippen LogP contribution in [0.2, 0.25) is 5.15 Å². The molecule has 100 valence electrons. The summed E-state index contributed by atoms with van der Waals surface area (Å²) in [6.45, 7) is 2.87. The standard InChI is InChI=1S/C12H15ClN6/c1-2-10-17-12-4-3-8(7-19(12)18-10)15-11-6-14-5-9(13)16-11/h5-6,8H,2-4,7H2,1H3,(H,15,16). The zero-order valence-electron chi connectivity index (χ0n) is 10.7. The van der Waals surface area contributed by atoms with Crippen LogP contribution in [0.15, 0.2) is 12.4 Å². The molecule has 2 aromatic heterocycles. The van der Waals surface area contributed by atoms with E-state index in [1.807, 2.05) is 4.68 Å². The van der Waals surface area contributed by atoms with Gasteiger partial charge >= 0.3 is 0 Å². The Morgan fingerprint density at radius 2 is 2.32 bits per heavy atom. The van der Waals surface area contributed by atoms with E-state index in [9.17, 15) is 0 Å². The lowest BCUT2D eigenvalue weighted by Crippen LogP contribution is -2.32. The van der Waals surface area contributed by atoms with Gasteiger partial charge in [-0.2, -0.15) is 5.10 Å². The summed E-state index contributed by atoms with van der Waals surface area (Å²) in [6.07, 6.45) is 6.02. The van der Waals surface area contributed by atoms with E-state index < -0.39 is 0 Å². The molecule has 1 atom stereocenters. The van der Waals surface area contributed by atoms with E-state index in [2.05, 4.69) is 32.3 Å². The van der Waals surface area contributed by atoms with E-state index >= 15 is 0 Å². The first-order valence-corrected chi connectivity index (χ1v) is 6.79. The molecule has 0 spiro atoms. The molecule has 0 fully saturated rings. The molecule has 0 radical (unpaired) electrons. The number of nitrogens with zero attached hydrogens (tertiary/aromatic N) is 5. The molecule has 0 aliphatic carbocycles. The fourth-order valence-electron chi connectivity index (χ4n) is 2.25. The number of rotatable bonds is 3. The van der Waals surface area contributed by atoms with Gasteiger partial charge in [-0.05, 0) is 6.42 Å².